The van der Waals surface area contributed by atoms with Crippen molar-refractivity contribution in [3.8, 4) is 0 Å². The van der Waals surface area contributed by atoms with Gasteiger partial charge in [-0.25, -0.2) is 4.98 Å². The lowest BCUT2D eigenvalue weighted by Crippen LogP contribution is -2.47. The fourth-order valence-electron chi connectivity index (χ4n) is 4.39. The van der Waals surface area contributed by atoms with Crippen molar-refractivity contribution in [3.05, 3.63) is 36.0 Å². The molecule has 1 saturated heterocycles. The quantitative estimate of drug-likeness (QED) is 0.561. The second-order valence-corrected chi connectivity index (χ2v) is 8.70. The second kappa shape index (κ2) is 10.2. The maximum atomic E-state index is 12.7. The standard InChI is InChI=1S/C23H30BN7O2/c1-25-21(32)17-4-3-5-19(17)28-20-18(24)14-26-23(29-20)27-16-8-6-15(7-9-16)22(33)31-12-10-30(2)11-13-31/h6-9,14,17,19H,3-5,10-13H2,1-2H3,(H,25,32)(H2,26,27,28,29)/t17-,19+/m0/s1. The number of rotatable bonds is 6. The summed E-state index contributed by atoms with van der Waals surface area (Å²) in [6.45, 7) is 3.26. The monoisotopic (exact) mass is 447 g/mol. The Morgan fingerprint density at radius 3 is 2.52 bits per heavy atom. The first kappa shape index (κ1) is 23.0. The minimum Gasteiger partial charge on any atom is -0.367 e. The summed E-state index contributed by atoms with van der Waals surface area (Å²) in [6.07, 6.45) is 4.25. The minimum atomic E-state index is -0.105. The number of amides is 2. The van der Waals surface area contributed by atoms with E-state index in [1.165, 1.54) is 0 Å². The van der Waals surface area contributed by atoms with Gasteiger partial charge in [-0.05, 0) is 49.6 Å². The molecule has 0 unspecified atom stereocenters. The molecule has 172 valence electrons. The van der Waals surface area contributed by atoms with E-state index >= 15 is 0 Å². The molecule has 1 aromatic heterocycles. The minimum absolute atomic E-state index is 0.0186. The Hall–Kier alpha value is -3.14. The lowest BCUT2D eigenvalue weighted by molar-refractivity contribution is -0.124. The van der Waals surface area contributed by atoms with E-state index in [4.69, 9.17) is 7.85 Å². The topological polar surface area (TPSA) is 102 Å². The van der Waals surface area contributed by atoms with Crippen LogP contribution in [0.5, 0.6) is 0 Å². The van der Waals surface area contributed by atoms with Crippen molar-refractivity contribution in [2.45, 2.75) is 25.3 Å². The van der Waals surface area contributed by atoms with Gasteiger partial charge in [0.25, 0.3) is 5.91 Å². The molecule has 1 aromatic carbocycles. The Morgan fingerprint density at radius 2 is 1.82 bits per heavy atom. The first-order valence-electron chi connectivity index (χ1n) is 11.4. The summed E-state index contributed by atoms with van der Waals surface area (Å²) in [6, 6.07) is 7.29. The summed E-state index contributed by atoms with van der Waals surface area (Å²) < 4.78 is 0. The van der Waals surface area contributed by atoms with Crippen LogP contribution in [0.1, 0.15) is 29.6 Å². The van der Waals surface area contributed by atoms with Crippen molar-refractivity contribution in [2.24, 2.45) is 5.92 Å². The molecule has 1 aliphatic carbocycles. The van der Waals surface area contributed by atoms with Gasteiger partial charge in [0, 0.05) is 56.7 Å². The molecule has 2 heterocycles. The van der Waals surface area contributed by atoms with Crippen LogP contribution >= 0.6 is 0 Å². The number of hydrogen-bond donors (Lipinski definition) is 3. The molecule has 1 aliphatic heterocycles. The van der Waals surface area contributed by atoms with Gasteiger partial charge in [0.2, 0.25) is 11.9 Å². The van der Waals surface area contributed by atoms with Crippen LogP contribution in [-0.2, 0) is 4.79 Å². The van der Waals surface area contributed by atoms with Crippen molar-refractivity contribution >= 4 is 42.6 Å². The van der Waals surface area contributed by atoms with Crippen LogP contribution < -0.4 is 21.4 Å². The van der Waals surface area contributed by atoms with Crippen LogP contribution in [0.2, 0.25) is 0 Å². The highest BCUT2D eigenvalue weighted by Crippen LogP contribution is 2.28. The third-order valence-corrected chi connectivity index (χ3v) is 6.42. The SMILES string of the molecule is [B]c1cnc(Nc2ccc(C(=O)N3CCN(C)CC3)cc2)nc1N[C@@H]1CCC[C@@H]1C(=O)NC. The highest BCUT2D eigenvalue weighted by molar-refractivity contribution is 6.35. The van der Waals surface area contributed by atoms with Crippen molar-refractivity contribution < 1.29 is 9.59 Å². The van der Waals surface area contributed by atoms with Gasteiger partial charge in [-0.3, -0.25) is 9.59 Å². The first-order chi connectivity index (χ1) is 15.9. The molecule has 2 radical (unpaired) electrons. The average molecular weight is 447 g/mol. The molecule has 3 N–H and O–H groups in total. The average Bonchev–Trinajstić information content (AvgIpc) is 3.29. The van der Waals surface area contributed by atoms with E-state index in [9.17, 15) is 9.59 Å². The number of aromatic nitrogens is 2. The van der Waals surface area contributed by atoms with Crippen LogP contribution in [0.15, 0.2) is 30.5 Å². The number of carbonyl (C=O) groups excluding carboxylic acids is 2. The van der Waals surface area contributed by atoms with Crippen molar-refractivity contribution in [1.29, 1.82) is 0 Å². The molecule has 2 aromatic rings. The third kappa shape index (κ3) is 5.44. The van der Waals surface area contributed by atoms with E-state index in [1.54, 1.807) is 13.2 Å². The molecule has 33 heavy (non-hydrogen) atoms. The van der Waals surface area contributed by atoms with Gasteiger partial charge in [0.1, 0.15) is 13.7 Å². The number of nitrogens with one attached hydrogen (secondary N) is 3. The van der Waals surface area contributed by atoms with Crippen molar-refractivity contribution in [2.75, 3.05) is 50.9 Å². The lowest BCUT2D eigenvalue weighted by atomic mass is 9.97. The molecular formula is C23H30BN7O2. The van der Waals surface area contributed by atoms with Crippen LogP contribution in [-0.4, -0.2) is 85.7 Å². The summed E-state index contributed by atoms with van der Waals surface area (Å²) in [5, 5.41) is 9.23. The van der Waals surface area contributed by atoms with Crippen LogP contribution in [0.25, 0.3) is 0 Å². The number of benzene rings is 1. The zero-order valence-corrected chi connectivity index (χ0v) is 19.2. The molecule has 2 fully saturated rings. The fourth-order valence-corrected chi connectivity index (χ4v) is 4.39. The van der Waals surface area contributed by atoms with Crippen molar-refractivity contribution in [3.63, 3.8) is 0 Å². The van der Waals surface area contributed by atoms with Gasteiger partial charge < -0.3 is 25.8 Å². The molecule has 2 amide bonds. The van der Waals surface area contributed by atoms with E-state index in [-0.39, 0.29) is 23.8 Å². The molecule has 9 nitrogen and oxygen atoms in total. The maximum Gasteiger partial charge on any atom is 0.253 e. The fraction of sp³-hybridized carbons (Fsp3) is 0.478. The number of nitrogens with zero attached hydrogens (tertiary/aromatic N) is 4. The first-order valence-corrected chi connectivity index (χ1v) is 11.4. The van der Waals surface area contributed by atoms with Gasteiger partial charge in [0.15, 0.2) is 0 Å². The van der Waals surface area contributed by atoms with E-state index in [2.05, 4.69) is 37.9 Å². The van der Waals surface area contributed by atoms with Gasteiger partial charge in [0.05, 0.1) is 5.92 Å². The summed E-state index contributed by atoms with van der Waals surface area (Å²) in [7, 11) is 9.81. The summed E-state index contributed by atoms with van der Waals surface area (Å²) in [5.74, 6) is 0.870. The van der Waals surface area contributed by atoms with Gasteiger partial charge >= 0.3 is 0 Å². The zero-order valence-electron chi connectivity index (χ0n) is 19.2. The smallest absolute Gasteiger partial charge is 0.253 e. The predicted molar refractivity (Wildman–Crippen MR) is 129 cm³/mol. The van der Waals surface area contributed by atoms with Gasteiger partial charge in [-0.2, -0.15) is 4.98 Å². The van der Waals surface area contributed by atoms with Crippen molar-refractivity contribution in [1.82, 2.24) is 25.1 Å². The molecule has 1 saturated carbocycles. The Balaban J connectivity index is 1.41. The number of piperazine rings is 1. The van der Waals surface area contributed by atoms with Crippen LogP contribution in [0, 0.1) is 5.92 Å². The van der Waals surface area contributed by atoms with Gasteiger partial charge in [-0.1, -0.05) is 6.42 Å². The summed E-state index contributed by atoms with van der Waals surface area (Å²) in [5.41, 5.74) is 1.85. The Bertz CT molecular complexity index is 993. The largest absolute Gasteiger partial charge is 0.367 e. The second-order valence-electron chi connectivity index (χ2n) is 8.70. The highest BCUT2D eigenvalue weighted by Gasteiger charge is 2.32. The molecule has 2 aliphatic rings. The molecule has 0 spiro atoms. The number of hydrogen-bond acceptors (Lipinski definition) is 7. The lowest BCUT2D eigenvalue weighted by Gasteiger charge is -2.32. The molecule has 10 heteroatoms. The normalized spacial score (nSPS) is 21.0. The maximum absolute atomic E-state index is 12.7. The van der Waals surface area contributed by atoms with Crippen LogP contribution in [0.3, 0.4) is 0 Å². The number of carbonyl (C=O) groups is 2. The van der Waals surface area contributed by atoms with E-state index < -0.39 is 0 Å². The zero-order chi connectivity index (χ0) is 23.4. The summed E-state index contributed by atoms with van der Waals surface area (Å²) >= 11 is 0. The van der Waals surface area contributed by atoms with E-state index in [0.29, 0.717) is 22.8 Å². The van der Waals surface area contributed by atoms with E-state index in [0.717, 1.165) is 51.1 Å². The molecule has 2 atom stereocenters. The van der Waals surface area contributed by atoms with Crippen LogP contribution in [0.4, 0.5) is 17.5 Å². The molecule has 0 bridgehead atoms. The summed E-state index contributed by atoms with van der Waals surface area (Å²) in [4.78, 5) is 37.8. The Morgan fingerprint density at radius 1 is 1.09 bits per heavy atom. The highest BCUT2D eigenvalue weighted by atomic mass is 16.2. The Kier molecular flexibility index (Phi) is 7.12. The number of anilines is 3. The van der Waals surface area contributed by atoms with Gasteiger partial charge in [-0.15, -0.1) is 0 Å². The Labute approximate surface area is 195 Å². The third-order valence-electron chi connectivity index (χ3n) is 6.42. The molecular weight excluding hydrogens is 417 g/mol. The predicted octanol–water partition coefficient (Wildman–Crippen LogP) is 0.728. The number of likely N-dealkylation sites (N-methyl/N-ethyl adjacent to an activating group) is 1. The van der Waals surface area contributed by atoms with E-state index in [1.807, 2.05) is 29.2 Å². The molecule has 4 rings (SSSR count).